The van der Waals surface area contributed by atoms with Crippen molar-refractivity contribution in [1.82, 2.24) is 9.88 Å². The maximum atomic E-state index is 13.9. The van der Waals surface area contributed by atoms with Gasteiger partial charge in [-0.15, -0.1) is 0 Å². The Labute approximate surface area is 221 Å². The third-order valence-corrected chi connectivity index (χ3v) is 7.21. The lowest BCUT2D eigenvalue weighted by atomic mass is 10.2. The first-order valence-electron chi connectivity index (χ1n) is 12.7. The SMILES string of the molecule is CCOc1cccc2sc(N(CCCN3CCOCC3)C(=O)c3cccc(Oc4ccccc4)c3)nc12. The Hall–Kier alpha value is -3.46. The molecule has 0 spiro atoms. The van der Waals surface area contributed by atoms with Gasteiger partial charge in [0.05, 0.1) is 24.5 Å². The van der Waals surface area contributed by atoms with Crippen LogP contribution in [-0.2, 0) is 4.74 Å². The third-order valence-electron chi connectivity index (χ3n) is 6.17. The van der Waals surface area contributed by atoms with Crippen LogP contribution in [-0.4, -0.2) is 61.8 Å². The molecule has 0 aliphatic carbocycles. The molecule has 5 rings (SSSR count). The van der Waals surface area contributed by atoms with Gasteiger partial charge >= 0.3 is 0 Å². The molecule has 1 fully saturated rings. The van der Waals surface area contributed by atoms with Crippen LogP contribution in [0.4, 0.5) is 5.13 Å². The summed E-state index contributed by atoms with van der Waals surface area (Å²) in [6.07, 6.45) is 0.834. The lowest BCUT2D eigenvalue weighted by Gasteiger charge is -2.27. The van der Waals surface area contributed by atoms with Crippen LogP contribution < -0.4 is 14.4 Å². The number of nitrogens with zero attached hydrogens (tertiary/aromatic N) is 3. The van der Waals surface area contributed by atoms with Crippen molar-refractivity contribution in [2.24, 2.45) is 0 Å². The van der Waals surface area contributed by atoms with E-state index in [-0.39, 0.29) is 5.91 Å². The van der Waals surface area contributed by atoms with Gasteiger partial charge in [0, 0.05) is 31.7 Å². The number of anilines is 1. The van der Waals surface area contributed by atoms with E-state index in [9.17, 15) is 4.79 Å². The Morgan fingerprint density at radius 2 is 1.81 bits per heavy atom. The average molecular weight is 518 g/mol. The van der Waals surface area contributed by atoms with Crippen LogP contribution >= 0.6 is 11.3 Å². The van der Waals surface area contributed by atoms with E-state index in [1.165, 1.54) is 11.3 Å². The van der Waals surface area contributed by atoms with Crippen LogP contribution in [0.5, 0.6) is 17.2 Å². The number of thiazole rings is 1. The van der Waals surface area contributed by atoms with Gasteiger partial charge in [-0.25, -0.2) is 4.98 Å². The van der Waals surface area contributed by atoms with Gasteiger partial charge in [-0.05, 0) is 55.8 Å². The molecule has 0 saturated carbocycles. The van der Waals surface area contributed by atoms with Crippen molar-refractivity contribution in [3.63, 3.8) is 0 Å². The fourth-order valence-electron chi connectivity index (χ4n) is 4.33. The second kappa shape index (κ2) is 12.2. The Kier molecular flexibility index (Phi) is 8.30. The monoisotopic (exact) mass is 517 g/mol. The molecular weight excluding hydrogens is 486 g/mol. The quantitative estimate of drug-likeness (QED) is 0.263. The highest BCUT2D eigenvalue weighted by molar-refractivity contribution is 7.22. The molecular formula is C29H31N3O4S. The van der Waals surface area contributed by atoms with Gasteiger partial charge < -0.3 is 14.2 Å². The highest BCUT2D eigenvalue weighted by atomic mass is 32.1. The lowest BCUT2D eigenvalue weighted by molar-refractivity contribution is 0.0376. The largest absolute Gasteiger partial charge is 0.492 e. The number of hydrogen-bond acceptors (Lipinski definition) is 7. The molecule has 1 amide bonds. The van der Waals surface area contributed by atoms with Gasteiger partial charge in [-0.1, -0.05) is 41.7 Å². The van der Waals surface area contributed by atoms with Gasteiger partial charge in [0.15, 0.2) is 5.13 Å². The second-order valence-electron chi connectivity index (χ2n) is 8.74. The number of para-hydroxylation sites is 2. The number of ether oxygens (including phenoxy) is 3. The van der Waals surface area contributed by atoms with Crippen molar-refractivity contribution in [2.45, 2.75) is 13.3 Å². The Morgan fingerprint density at radius 3 is 2.62 bits per heavy atom. The lowest BCUT2D eigenvalue weighted by Crippen LogP contribution is -2.39. The minimum atomic E-state index is -0.0995. The molecule has 37 heavy (non-hydrogen) atoms. The summed E-state index contributed by atoms with van der Waals surface area (Å²) in [7, 11) is 0. The summed E-state index contributed by atoms with van der Waals surface area (Å²) >= 11 is 1.51. The molecule has 0 unspecified atom stereocenters. The molecule has 192 valence electrons. The molecule has 0 atom stereocenters. The molecule has 1 aliphatic rings. The predicted octanol–water partition coefficient (Wildman–Crippen LogP) is 5.86. The molecule has 1 aliphatic heterocycles. The Bertz CT molecular complexity index is 1320. The average Bonchev–Trinajstić information content (AvgIpc) is 3.37. The maximum absolute atomic E-state index is 13.9. The summed E-state index contributed by atoms with van der Waals surface area (Å²) < 4.78 is 18.2. The topological polar surface area (TPSA) is 64.1 Å². The molecule has 1 saturated heterocycles. The summed E-state index contributed by atoms with van der Waals surface area (Å²) in [6, 6.07) is 22.8. The van der Waals surface area contributed by atoms with Crippen molar-refractivity contribution >= 4 is 32.6 Å². The Morgan fingerprint density at radius 1 is 1.03 bits per heavy atom. The number of fused-ring (bicyclic) bond motifs is 1. The van der Waals surface area contributed by atoms with E-state index >= 15 is 0 Å². The molecule has 4 aromatic rings. The first-order chi connectivity index (χ1) is 18.2. The first-order valence-corrected chi connectivity index (χ1v) is 13.5. The van der Waals surface area contributed by atoms with Crippen molar-refractivity contribution in [3.8, 4) is 17.2 Å². The highest BCUT2D eigenvalue weighted by Gasteiger charge is 2.23. The fraction of sp³-hybridized carbons (Fsp3) is 0.310. The molecule has 1 aromatic heterocycles. The number of hydrogen-bond donors (Lipinski definition) is 0. The van der Waals surface area contributed by atoms with E-state index < -0.39 is 0 Å². The summed E-state index contributed by atoms with van der Waals surface area (Å²) in [5.41, 5.74) is 1.35. The fourth-order valence-corrected chi connectivity index (χ4v) is 5.34. The van der Waals surface area contributed by atoms with E-state index in [2.05, 4.69) is 4.90 Å². The smallest absolute Gasteiger partial charge is 0.260 e. The Balaban J connectivity index is 1.41. The molecule has 2 heterocycles. The van der Waals surface area contributed by atoms with Gasteiger partial charge in [0.2, 0.25) is 0 Å². The minimum Gasteiger partial charge on any atom is -0.492 e. The van der Waals surface area contributed by atoms with E-state index in [1.54, 1.807) is 11.0 Å². The standard InChI is InChI=1S/C29H31N3O4S/c1-2-35-25-13-7-14-26-27(25)30-29(37-26)32(16-8-15-31-17-19-34-20-18-31)28(33)22-9-6-12-24(21-22)36-23-10-4-3-5-11-23/h3-7,9-14,21H,2,8,15-20H2,1H3. The molecule has 8 heteroatoms. The van der Waals surface area contributed by atoms with E-state index in [0.717, 1.165) is 61.0 Å². The van der Waals surface area contributed by atoms with Gasteiger partial charge in [-0.2, -0.15) is 0 Å². The number of morpholine rings is 1. The van der Waals surface area contributed by atoms with Crippen molar-refractivity contribution in [3.05, 3.63) is 78.4 Å². The van der Waals surface area contributed by atoms with E-state index in [0.29, 0.717) is 29.6 Å². The van der Waals surface area contributed by atoms with Gasteiger partial charge in [-0.3, -0.25) is 14.6 Å². The number of rotatable bonds is 10. The normalized spacial score (nSPS) is 14.0. The number of aromatic nitrogens is 1. The first kappa shape index (κ1) is 25.2. The number of carbonyl (C=O) groups excluding carboxylic acids is 1. The van der Waals surface area contributed by atoms with Crippen LogP contribution in [0.3, 0.4) is 0 Å². The number of benzene rings is 3. The van der Waals surface area contributed by atoms with E-state index in [4.69, 9.17) is 19.2 Å². The summed E-state index contributed by atoms with van der Waals surface area (Å²) in [5.74, 6) is 1.98. The van der Waals surface area contributed by atoms with Crippen molar-refractivity contribution in [2.75, 3.05) is 50.9 Å². The van der Waals surface area contributed by atoms with E-state index in [1.807, 2.05) is 73.7 Å². The van der Waals surface area contributed by atoms with Crippen LogP contribution in [0.15, 0.2) is 72.8 Å². The molecule has 0 radical (unpaired) electrons. The highest BCUT2D eigenvalue weighted by Crippen LogP contribution is 2.35. The van der Waals surface area contributed by atoms with Crippen LogP contribution in [0.1, 0.15) is 23.7 Å². The molecule has 0 N–H and O–H groups in total. The van der Waals surface area contributed by atoms with Crippen LogP contribution in [0, 0.1) is 0 Å². The zero-order valence-corrected chi connectivity index (χ0v) is 21.8. The zero-order valence-electron chi connectivity index (χ0n) is 21.0. The van der Waals surface area contributed by atoms with Crippen LogP contribution in [0.25, 0.3) is 10.2 Å². The molecule has 7 nitrogen and oxygen atoms in total. The summed E-state index contributed by atoms with van der Waals surface area (Å²) in [4.78, 5) is 22.9. The number of amides is 1. The van der Waals surface area contributed by atoms with Gasteiger partial charge in [0.1, 0.15) is 22.8 Å². The molecule has 0 bridgehead atoms. The predicted molar refractivity (Wildman–Crippen MR) is 147 cm³/mol. The summed E-state index contributed by atoms with van der Waals surface area (Å²) in [5, 5.41) is 0.670. The van der Waals surface area contributed by atoms with Crippen molar-refractivity contribution in [1.29, 1.82) is 0 Å². The second-order valence-corrected chi connectivity index (χ2v) is 9.75. The van der Waals surface area contributed by atoms with Crippen molar-refractivity contribution < 1.29 is 19.0 Å². The maximum Gasteiger partial charge on any atom is 0.260 e. The number of carbonyl (C=O) groups is 1. The summed E-state index contributed by atoms with van der Waals surface area (Å²) in [6.45, 7) is 7.34. The van der Waals surface area contributed by atoms with Gasteiger partial charge in [0.25, 0.3) is 5.91 Å². The third kappa shape index (κ3) is 6.28. The minimum absolute atomic E-state index is 0.0995. The molecule has 3 aromatic carbocycles. The zero-order chi connectivity index (χ0) is 25.5. The van der Waals surface area contributed by atoms with Crippen LogP contribution in [0.2, 0.25) is 0 Å².